The molecule has 0 radical (unpaired) electrons. The molecule has 2 rings (SSSR count). The maximum Gasteiger partial charge on any atom is 0.261 e. The zero-order valence-electron chi connectivity index (χ0n) is 17.6. The molecule has 30 heavy (non-hydrogen) atoms. The van der Waals surface area contributed by atoms with Crippen LogP contribution in [-0.2, 0) is 16.1 Å². The first-order valence-corrected chi connectivity index (χ1v) is 11.2. The van der Waals surface area contributed by atoms with Gasteiger partial charge >= 0.3 is 0 Å². The average Bonchev–Trinajstić information content (AvgIpc) is 2.72. The van der Waals surface area contributed by atoms with E-state index in [1.54, 1.807) is 30.0 Å². The molecule has 0 saturated heterocycles. The summed E-state index contributed by atoms with van der Waals surface area (Å²) in [6, 6.07) is 12.3. The second-order valence-electron chi connectivity index (χ2n) is 7.17. The van der Waals surface area contributed by atoms with Crippen LogP contribution >= 0.6 is 27.5 Å². The molecule has 0 aliphatic rings. The number of halogens is 2. The molecule has 0 aliphatic carbocycles. The number of benzene rings is 2. The molecule has 2 amide bonds. The molecule has 2 aromatic carbocycles. The summed E-state index contributed by atoms with van der Waals surface area (Å²) in [5.41, 5.74) is 1.80. The van der Waals surface area contributed by atoms with Gasteiger partial charge in [-0.05, 0) is 61.7 Å². The van der Waals surface area contributed by atoms with Crippen LogP contribution in [-0.4, -0.2) is 35.9 Å². The molecule has 0 aromatic heterocycles. The Kier molecular flexibility index (Phi) is 9.66. The van der Waals surface area contributed by atoms with Crippen molar-refractivity contribution in [1.29, 1.82) is 0 Å². The fraction of sp³-hybridized carbons (Fsp3) is 0.391. The summed E-state index contributed by atoms with van der Waals surface area (Å²) in [5.74, 6) is 0.127. The lowest BCUT2D eigenvalue weighted by Crippen LogP contribution is -2.49. The Morgan fingerprint density at radius 3 is 2.67 bits per heavy atom. The van der Waals surface area contributed by atoms with Gasteiger partial charge in [-0.25, -0.2) is 0 Å². The van der Waals surface area contributed by atoms with Crippen LogP contribution < -0.4 is 10.1 Å². The topological polar surface area (TPSA) is 58.6 Å². The van der Waals surface area contributed by atoms with E-state index in [4.69, 9.17) is 16.3 Å². The molecule has 1 atom stereocenters. The van der Waals surface area contributed by atoms with Gasteiger partial charge in [0.1, 0.15) is 11.8 Å². The van der Waals surface area contributed by atoms with E-state index in [0.29, 0.717) is 23.9 Å². The maximum atomic E-state index is 13.0. The molecular weight excluding hydrogens is 468 g/mol. The van der Waals surface area contributed by atoms with Gasteiger partial charge in [-0.2, -0.15) is 0 Å². The Balaban J connectivity index is 2.12. The Bertz CT molecular complexity index is 875. The maximum absolute atomic E-state index is 13.0. The molecule has 162 valence electrons. The molecule has 0 spiro atoms. The van der Waals surface area contributed by atoms with Crippen LogP contribution in [0.25, 0.3) is 0 Å². The van der Waals surface area contributed by atoms with Crippen LogP contribution in [0.15, 0.2) is 46.9 Å². The highest BCUT2D eigenvalue weighted by Gasteiger charge is 2.26. The van der Waals surface area contributed by atoms with Crippen molar-refractivity contribution in [3.63, 3.8) is 0 Å². The molecule has 0 saturated carbocycles. The molecule has 0 unspecified atom stereocenters. The quantitative estimate of drug-likeness (QED) is 0.465. The molecule has 1 N–H and O–H groups in total. The van der Waals surface area contributed by atoms with E-state index in [1.807, 2.05) is 31.2 Å². The van der Waals surface area contributed by atoms with Crippen molar-refractivity contribution in [3.8, 4) is 5.75 Å². The van der Waals surface area contributed by atoms with Gasteiger partial charge < -0.3 is 15.0 Å². The standard InChI is InChI=1S/C23H28BrClN2O3/c1-4-5-11-26-23(29)17(3)27(14-18-7-6-8-19(24)13-18)22(28)15-30-20-9-10-21(25)16(2)12-20/h6-10,12-13,17H,4-5,11,14-15H2,1-3H3,(H,26,29)/t17-/m0/s1. The first kappa shape index (κ1) is 24.2. The van der Waals surface area contributed by atoms with Gasteiger partial charge in [0.25, 0.3) is 5.91 Å². The monoisotopic (exact) mass is 494 g/mol. The molecule has 2 aromatic rings. The first-order valence-electron chi connectivity index (χ1n) is 10.0. The van der Waals surface area contributed by atoms with E-state index in [1.165, 1.54) is 0 Å². The third-order valence-electron chi connectivity index (χ3n) is 4.73. The number of amides is 2. The molecule has 7 heteroatoms. The SMILES string of the molecule is CCCCNC(=O)[C@H](C)N(Cc1cccc(Br)c1)C(=O)COc1ccc(Cl)c(C)c1. The number of hydrogen-bond acceptors (Lipinski definition) is 3. The summed E-state index contributed by atoms with van der Waals surface area (Å²) in [6.07, 6.45) is 1.89. The Labute approximate surface area is 191 Å². The lowest BCUT2D eigenvalue weighted by Gasteiger charge is -2.29. The number of hydrogen-bond donors (Lipinski definition) is 1. The number of aryl methyl sites for hydroxylation is 1. The van der Waals surface area contributed by atoms with E-state index in [9.17, 15) is 9.59 Å². The number of nitrogens with zero attached hydrogens (tertiary/aromatic N) is 1. The molecule has 0 fully saturated rings. The van der Waals surface area contributed by atoms with Gasteiger partial charge in [-0.3, -0.25) is 9.59 Å². The Hall–Kier alpha value is -2.05. The van der Waals surface area contributed by atoms with E-state index in [0.717, 1.165) is 28.4 Å². The average molecular weight is 496 g/mol. The number of rotatable bonds is 10. The van der Waals surface area contributed by atoms with Crippen molar-refractivity contribution in [1.82, 2.24) is 10.2 Å². The predicted molar refractivity (Wildman–Crippen MR) is 124 cm³/mol. The van der Waals surface area contributed by atoms with E-state index < -0.39 is 6.04 Å². The summed E-state index contributed by atoms with van der Waals surface area (Å²) < 4.78 is 6.60. The zero-order chi connectivity index (χ0) is 22.1. The zero-order valence-corrected chi connectivity index (χ0v) is 19.9. The number of unbranched alkanes of at least 4 members (excludes halogenated alkanes) is 1. The van der Waals surface area contributed by atoms with Gasteiger partial charge in [0.15, 0.2) is 6.61 Å². The smallest absolute Gasteiger partial charge is 0.261 e. The summed E-state index contributed by atoms with van der Waals surface area (Å²) in [7, 11) is 0. The molecule has 5 nitrogen and oxygen atoms in total. The van der Waals surface area contributed by atoms with Gasteiger partial charge in [0.05, 0.1) is 0 Å². The van der Waals surface area contributed by atoms with Crippen LogP contribution in [0, 0.1) is 6.92 Å². The Morgan fingerprint density at radius 1 is 1.23 bits per heavy atom. The van der Waals surface area contributed by atoms with Crippen LogP contribution in [0.5, 0.6) is 5.75 Å². The lowest BCUT2D eigenvalue weighted by molar-refractivity contribution is -0.142. The number of nitrogens with one attached hydrogen (secondary N) is 1. The molecular formula is C23H28BrClN2O3. The molecule has 0 heterocycles. The Morgan fingerprint density at radius 2 is 2.00 bits per heavy atom. The normalized spacial score (nSPS) is 11.6. The number of ether oxygens (including phenoxy) is 1. The van der Waals surface area contributed by atoms with E-state index in [-0.39, 0.29) is 18.4 Å². The van der Waals surface area contributed by atoms with Crippen molar-refractivity contribution in [3.05, 3.63) is 63.1 Å². The molecule has 0 aliphatic heterocycles. The summed E-state index contributed by atoms with van der Waals surface area (Å²) in [6.45, 7) is 6.42. The highest BCUT2D eigenvalue weighted by Crippen LogP contribution is 2.21. The van der Waals surface area contributed by atoms with Crippen LogP contribution in [0.2, 0.25) is 5.02 Å². The third kappa shape index (κ3) is 7.33. The van der Waals surface area contributed by atoms with Crippen molar-refractivity contribution in [2.75, 3.05) is 13.2 Å². The van der Waals surface area contributed by atoms with Gasteiger partial charge in [-0.15, -0.1) is 0 Å². The highest BCUT2D eigenvalue weighted by atomic mass is 79.9. The summed E-state index contributed by atoms with van der Waals surface area (Å²) in [4.78, 5) is 27.2. The van der Waals surface area contributed by atoms with Crippen molar-refractivity contribution in [2.24, 2.45) is 0 Å². The fourth-order valence-corrected chi connectivity index (χ4v) is 3.45. The van der Waals surface area contributed by atoms with Gasteiger partial charge in [-0.1, -0.05) is 53.0 Å². The minimum absolute atomic E-state index is 0.165. The third-order valence-corrected chi connectivity index (χ3v) is 5.65. The van der Waals surface area contributed by atoms with Crippen molar-refractivity contribution < 1.29 is 14.3 Å². The fourth-order valence-electron chi connectivity index (χ4n) is 2.89. The largest absolute Gasteiger partial charge is 0.484 e. The minimum Gasteiger partial charge on any atom is -0.484 e. The highest BCUT2D eigenvalue weighted by molar-refractivity contribution is 9.10. The second-order valence-corrected chi connectivity index (χ2v) is 8.49. The lowest BCUT2D eigenvalue weighted by atomic mass is 10.1. The summed E-state index contributed by atoms with van der Waals surface area (Å²) in [5, 5.41) is 3.55. The van der Waals surface area contributed by atoms with Crippen LogP contribution in [0.4, 0.5) is 0 Å². The predicted octanol–water partition coefficient (Wildman–Crippen LogP) is 5.12. The first-order chi connectivity index (χ1) is 14.3. The van der Waals surface area contributed by atoms with Crippen molar-refractivity contribution >= 4 is 39.3 Å². The second kappa shape index (κ2) is 12.0. The van der Waals surface area contributed by atoms with Crippen LogP contribution in [0.1, 0.15) is 37.8 Å². The van der Waals surface area contributed by atoms with Gasteiger partial charge in [0.2, 0.25) is 5.91 Å². The van der Waals surface area contributed by atoms with E-state index >= 15 is 0 Å². The number of carbonyl (C=O) groups excluding carboxylic acids is 2. The minimum atomic E-state index is -0.621. The number of carbonyl (C=O) groups is 2. The van der Waals surface area contributed by atoms with Gasteiger partial charge in [0, 0.05) is 22.6 Å². The van der Waals surface area contributed by atoms with Crippen molar-refractivity contribution in [2.45, 2.75) is 46.2 Å². The van der Waals surface area contributed by atoms with Crippen LogP contribution in [0.3, 0.4) is 0 Å². The van der Waals surface area contributed by atoms with E-state index in [2.05, 4.69) is 28.2 Å². The molecule has 0 bridgehead atoms. The summed E-state index contributed by atoms with van der Waals surface area (Å²) >= 11 is 9.50.